The molecule has 0 aliphatic rings. The molecule has 0 bridgehead atoms. The zero-order valence-corrected chi connectivity index (χ0v) is 26.6. The van der Waals surface area contributed by atoms with Crippen molar-refractivity contribution in [2.24, 2.45) is 0 Å². The number of sulfonamides is 1. The topological polar surface area (TPSA) is 86.8 Å². The van der Waals surface area contributed by atoms with Gasteiger partial charge in [0.1, 0.15) is 12.6 Å². The van der Waals surface area contributed by atoms with Crippen LogP contribution >= 0.6 is 34.8 Å². The number of benzene rings is 4. The predicted molar refractivity (Wildman–Crippen MR) is 172 cm³/mol. The Labute approximate surface area is 267 Å². The Bertz CT molecular complexity index is 1680. The summed E-state index contributed by atoms with van der Waals surface area (Å²) in [4.78, 5) is 29.1. The number of carbonyl (C=O) groups is 2. The van der Waals surface area contributed by atoms with Gasteiger partial charge < -0.3 is 10.2 Å². The van der Waals surface area contributed by atoms with E-state index in [9.17, 15) is 18.0 Å². The van der Waals surface area contributed by atoms with Crippen molar-refractivity contribution in [2.45, 2.75) is 30.8 Å². The van der Waals surface area contributed by atoms with Gasteiger partial charge in [0.2, 0.25) is 11.8 Å². The molecule has 0 spiro atoms. The van der Waals surface area contributed by atoms with E-state index in [1.54, 1.807) is 61.5 Å². The maximum atomic E-state index is 14.4. The lowest BCUT2D eigenvalue weighted by atomic mass is 10.0. The van der Waals surface area contributed by atoms with Crippen molar-refractivity contribution in [1.29, 1.82) is 0 Å². The van der Waals surface area contributed by atoms with Crippen molar-refractivity contribution in [3.8, 4) is 0 Å². The van der Waals surface area contributed by atoms with Crippen LogP contribution in [0.3, 0.4) is 0 Å². The van der Waals surface area contributed by atoms with Crippen LogP contribution in [0.4, 0.5) is 5.69 Å². The molecule has 0 aromatic heterocycles. The fourth-order valence-electron chi connectivity index (χ4n) is 4.71. The first-order chi connectivity index (χ1) is 20.5. The molecule has 11 heteroatoms. The van der Waals surface area contributed by atoms with E-state index in [1.165, 1.54) is 24.1 Å². The van der Waals surface area contributed by atoms with Crippen molar-refractivity contribution < 1.29 is 18.0 Å². The fourth-order valence-corrected chi connectivity index (χ4v) is 6.95. The highest BCUT2D eigenvalue weighted by molar-refractivity contribution is 7.92. The third-order valence-electron chi connectivity index (χ3n) is 6.95. The number of halogens is 3. The van der Waals surface area contributed by atoms with Gasteiger partial charge in [-0.2, -0.15) is 0 Å². The Morgan fingerprint density at radius 3 is 2.02 bits per heavy atom. The van der Waals surface area contributed by atoms with Gasteiger partial charge >= 0.3 is 0 Å². The SMILES string of the molecule is CNC(=O)[C@@H](Cc1ccccc1)N(Cc1c(Cl)cccc1Cl)C(=O)CN(c1ccc(Cl)cc1C)S(=O)(=O)c1ccccc1. The van der Waals surface area contributed by atoms with Gasteiger partial charge in [-0.15, -0.1) is 0 Å². The number of hydrogen-bond donors (Lipinski definition) is 1. The van der Waals surface area contributed by atoms with Crippen LogP contribution in [0, 0.1) is 6.92 Å². The molecule has 4 aromatic carbocycles. The lowest BCUT2D eigenvalue weighted by Crippen LogP contribution is -2.53. The Kier molecular flexibility index (Phi) is 10.7. The smallest absolute Gasteiger partial charge is 0.264 e. The van der Waals surface area contributed by atoms with Crippen molar-refractivity contribution in [1.82, 2.24) is 10.2 Å². The summed E-state index contributed by atoms with van der Waals surface area (Å²) in [5, 5.41) is 3.68. The molecule has 0 saturated carbocycles. The number of amides is 2. The minimum atomic E-state index is -4.23. The second-order valence-electron chi connectivity index (χ2n) is 9.80. The second kappa shape index (κ2) is 14.3. The fraction of sp³-hybridized carbons (Fsp3) is 0.188. The molecular weight excluding hydrogens is 629 g/mol. The molecule has 43 heavy (non-hydrogen) atoms. The number of nitrogens with one attached hydrogen (secondary N) is 1. The van der Waals surface area contributed by atoms with Crippen LogP contribution in [0.15, 0.2) is 102 Å². The molecule has 2 amide bonds. The van der Waals surface area contributed by atoms with Gasteiger partial charge in [-0.3, -0.25) is 13.9 Å². The van der Waals surface area contributed by atoms with Crippen LogP contribution in [-0.2, 0) is 32.6 Å². The predicted octanol–water partition coefficient (Wildman–Crippen LogP) is 6.54. The van der Waals surface area contributed by atoms with Crippen LogP contribution in [-0.4, -0.2) is 44.8 Å². The number of hydrogen-bond acceptors (Lipinski definition) is 4. The van der Waals surface area contributed by atoms with Gasteiger partial charge in [-0.05, 0) is 60.5 Å². The number of anilines is 1. The lowest BCUT2D eigenvalue weighted by Gasteiger charge is -2.34. The first-order valence-corrected chi connectivity index (χ1v) is 15.9. The first-order valence-electron chi connectivity index (χ1n) is 13.3. The van der Waals surface area contributed by atoms with Crippen molar-refractivity contribution in [3.63, 3.8) is 0 Å². The first kappa shape index (κ1) is 32.4. The highest BCUT2D eigenvalue weighted by Crippen LogP contribution is 2.31. The summed E-state index contributed by atoms with van der Waals surface area (Å²) in [7, 11) is -2.75. The van der Waals surface area contributed by atoms with E-state index in [-0.39, 0.29) is 23.5 Å². The molecule has 224 valence electrons. The summed E-state index contributed by atoms with van der Waals surface area (Å²) in [6.45, 7) is 0.967. The van der Waals surface area contributed by atoms with E-state index in [2.05, 4.69) is 5.32 Å². The van der Waals surface area contributed by atoms with E-state index in [0.29, 0.717) is 26.2 Å². The molecule has 1 N–H and O–H groups in total. The Morgan fingerprint density at radius 1 is 0.837 bits per heavy atom. The molecular formula is C32H30Cl3N3O4S. The minimum Gasteiger partial charge on any atom is -0.357 e. The van der Waals surface area contributed by atoms with E-state index in [0.717, 1.165) is 9.87 Å². The molecule has 4 aromatic rings. The number of rotatable bonds is 11. The summed E-state index contributed by atoms with van der Waals surface area (Å²) in [5.74, 6) is -1.06. The highest BCUT2D eigenvalue weighted by Gasteiger charge is 2.35. The molecule has 0 saturated heterocycles. The summed E-state index contributed by atoms with van der Waals surface area (Å²) in [5.41, 5.74) is 2.06. The van der Waals surface area contributed by atoms with E-state index in [4.69, 9.17) is 34.8 Å². The zero-order valence-electron chi connectivity index (χ0n) is 23.5. The third-order valence-corrected chi connectivity index (χ3v) is 9.66. The molecule has 0 aliphatic heterocycles. The summed E-state index contributed by atoms with van der Waals surface area (Å²) >= 11 is 19.2. The second-order valence-corrected chi connectivity index (χ2v) is 12.9. The van der Waals surface area contributed by atoms with Gasteiger partial charge in [0.15, 0.2) is 0 Å². The number of likely N-dealkylation sites (N-methyl/N-ethyl adjacent to an activating group) is 1. The molecule has 7 nitrogen and oxygen atoms in total. The highest BCUT2D eigenvalue weighted by atomic mass is 35.5. The number of aryl methyl sites for hydroxylation is 1. The van der Waals surface area contributed by atoms with E-state index < -0.39 is 34.4 Å². The van der Waals surface area contributed by atoms with Crippen LogP contribution in [0.25, 0.3) is 0 Å². The molecule has 0 heterocycles. The molecule has 0 radical (unpaired) electrons. The van der Waals surface area contributed by atoms with Crippen molar-refractivity contribution >= 4 is 62.3 Å². The summed E-state index contributed by atoms with van der Waals surface area (Å²) in [6, 6.07) is 25.8. The third kappa shape index (κ3) is 7.70. The Hall–Kier alpha value is -3.56. The number of nitrogens with zero attached hydrogens (tertiary/aromatic N) is 2. The molecule has 0 unspecified atom stereocenters. The van der Waals surface area contributed by atoms with Gasteiger partial charge in [-0.1, -0.05) is 89.4 Å². The summed E-state index contributed by atoms with van der Waals surface area (Å²) in [6.07, 6.45) is 0.166. The van der Waals surface area contributed by atoms with Gasteiger partial charge in [-0.25, -0.2) is 8.42 Å². The molecule has 0 aliphatic carbocycles. The van der Waals surface area contributed by atoms with Crippen LogP contribution in [0.5, 0.6) is 0 Å². The maximum Gasteiger partial charge on any atom is 0.264 e. The molecule has 0 fully saturated rings. The van der Waals surface area contributed by atoms with Crippen LogP contribution in [0.2, 0.25) is 15.1 Å². The average molecular weight is 659 g/mol. The van der Waals surface area contributed by atoms with E-state index in [1.807, 2.05) is 30.3 Å². The van der Waals surface area contributed by atoms with Crippen molar-refractivity contribution in [3.05, 3.63) is 129 Å². The Morgan fingerprint density at radius 2 is 1.44 bits per heavy atom. The largest absolute Gasteiger partial charge is 0.357 e. The monoisotopic (exact) mass is 657 g/mol. The quantitative estimate of drug-likeness (QED) is 0.198. The van der Waals surface area contributed by atoms with Crippen LogP contribution < -0.4 is 9.62 Å². The molecule has 4 rings (SSSR count). The van der Waals surface area contributed by atoms with Crippen molar-refractivity contribution in [2.75, 3.05) is 17.9 Å². The lowest BCUT2D eigenvalue weighted by molar-refractivity contribution is -0.139. The Balaban J connectivity index is 1.84. The normalized spacial score (nSPS) is 11.9. The maximum absolute atomic E-state index is 14.4. The standard InChI is InChI=1S/C32H30Cl3N3O4S/c1-22-18-24(33)16-17-29(22)38(43(41,42)25-12-7-4-8-13-25)21-31(39)37(20-26-27(34)14-9-15-28(26)35)30(32(40)36-2)19-23-10-5-3-6-11-23/h3-18,30H,19-21H2,1-2H3,(H,36,40)/t30-/m1/s1. The van der Waals surface area contributed by atoms with Gasteiger partial charge in [0.05, 0.1) is 10.6 Å². The number of carbonyl (C=O) groups excluding carboxylic acids is 2. The summed E-state index contributed by atoms with van der Waals surface area (Å²) < 4.78 is 29.1. The van der Waals surface area contributed by atoms with E-state index >= 15 is 0 Å². The van der Waals surface area contributed by atoms with Gasteiger partial charge in [0, 0.05) is 40.6 Å². The van der Waals surface area contributed by atoms with Crippen LogP contribution in [0.1, 0.15) is 16.7 Å². The zero-order chi connectivity index (χ0) is 31.1. The average Bonchev–Trinajstić information content (AvgIpc) is 2.99. The molecule has 1 atom stereocenters. The minimum absolute atomic E-state index is 0.00462. The van der Waals surface area contributed by atoms with Gasteiger partial charge in [0.25, 0.3) is 10.0 Å².